The van der Waals surface area contributed by atoms with Gasteiger partial charge in [-0.1, -0.05) is 43.3 Å². The Kier molecular flexibility index (Phi) is 4.26. The van der Waals surface area contributed by atoms with Gasteiger partial charge < -0.3 is 10.1 Å². The van der Waals surface area contributed by atoms with Crippen LogP contribution in [0.3, 0.4) is 0 Å². The molecule has 1 aliphatic heterocycles. The second-order valence-corrected chi connectivity index (χ2v) is 5.88. The van der Waals surface area contributed by atoms with Crippen LogP contribution in [0.4, 0.5) is 0 Å². The van der Waals surface area contributed by atoms with Gasteiger partial charge in [0.25, 0.3) is 0 Å². The number of methoxy groups -OCH3 is 1. The molecule has 0 amide bonds. The molecule has 0 radical (unpaired) electrons. The first kappa shape index (κ1) is 14.2. The average molecular weight is 281 g/mol. The minimum Gasteiger partial charge on any atom is -0.496 e. The van der Waals surface area contributed by atoms with Gasteiger partial charge in [-0.15, -0.1) is 0 Å². The van der Waals surface area contributed by atoms with Crippen molar-refractivity contribution in [2.45, 2.75) is 25.7 Å². The van der Waals surface area contributed by atoms with Crippen LogP contribution < -0.4 is 10.1 Å². The summed E-state index contributed by atoms with van der Waals surface area (Å²) in [6.07, 6.45) is 2.06. The molecule has 1 N–H and O–H groups in total. The number of rotatable bonds is 3. The lowest BCUT2D eigenvalue weighted by molar-refractivity contribution is 0.410. The van der Waals surface area contributed by atoms with Gasteiger partial charge in [-0.25, -0.2) is 0 Å². The standard InChI is InChI=1S/C19H23NO/c1-14-13-20-10-9-16-8-7-15(12-18(14)16)11-17-5-3-4-6-19(17)21-2/h3-8,12,14,20H,9-11,13H2,1-2H3/t14-/m1/s1. The van der Waals surface area contributed by atoms with Gasteiger partial charge in [0, 0.05) is 13.0 Å². The van der Waals surface area contributed by atoms with E-state index in [0.29, 0.717) is 5.92 Å². The van der Waals surface area contributed by atoms with E-state index in [1.165, 1.54) is 22.3 Å². The number of ether oxygens (including phenoxy) is 1. The quantitative estimate of drug-likeness (QED) is 0.929. The first-order valence-electron chi connectivity index (χ1n) is 7.72. The van der Waals surface area contributed by atoms with Crippen LogP contribution in [0.25, 0.3) is 0 Å². The number of nitrogens with one attached hydrogen (secondary N) is 1. The van der Waals surface area contributed by atoms with Crippen LogP contribution in [0.5, 0.6) is 5.75 Å². The molecule has 2 heteroatoms. The van der Waals surface area contributed by atoms with Gasteiger partial charge in [-0.05, 0) is 47.2 Å². The molecular weight excluding hydrogens is 258 g/mol. The van der Waals surface area contributed by atoms with E-state index in [-0.39, 0.29) is 0 Å². The van der Waals surface area contributed by atoms with Crippen molar-refractivity contribution < 1.29 is 4.74 Å². The summed E-state index contributed by atoms with van der Waals surface area (Å²) in [5, 5.41) is 3.51. The van der Waals surface area contributed by atoms with Crippen LogP contribution in [0.15, 0.2) is 42.5 Å². The van der Waals surface area contributed by atoms with Crippen molar-refractivity contribution in [3.8, 4) is 5.75 Å². The van der Waals surface area contributed by atoms with Crippen molar-refractivity contribution in [1.82, 2.24) is 5.32 Å². The Hall–Kier alpha value is -1.80. The van der Waals surface area contributed by atoms with E-state index in [1.54, 1.807) is 7.11 Å². The maximum atomic E-state index is 5.46. The first-order valence-corrected chi connectivity index (χ1v) is 7.72. The SMILES string of the molecule is COc1ccccc1Cc1ccc2c(c1)[C@H](C)CNCC2. The first-order chi connectivity index (χ1) is 10.3. The minimum absolute atomic E-state index is 0.583. The summed E-state index contributed by atoms with van der Waals surface area (Å²) < 4.78 is 5.46. The fourth-order valence-electron chi connectivity index (χ4n) is 3.16. The van der Waals surface area contributed by atoms with Crippen molar-refractivity contribution in [3.63, 3.8) is 0 Å². The second kappa shape index (κ2) is 6.31. The molecule has 0 fully saturated rings. The van der Waals surface area contributed by atoms with Gasteiger partial charge in [0.2, 0.25) is 0 Å². The molecule has 0 aliphatic carbocycles. The highest BCUT2D eigenvalue weighted by Gasteiger charge is 2.15. The van der Waals surface area contributed by atoms with Crippen LogP contribution in [-0.2, 0) is 12.8 Å². The molecule has 2 aromatic rings. The second-order valence-electron chi connectivity index (χ2n) is 5.88. The Morgan fingerprint density at radius 2 is 2.05 bits per heavy atom. The predicted molar refractivity (Wildman–Crippen MR) is 87.2 cm³/mol. The van der Waals surface area contributed by atoms with E-state index >= 15 is 0 Å². The van der Waals surface area contributed by atoms with Crippen molar-refractivity contribution in [2.24, 2.45) is 0 Å². The van der Waals surface area contributed by atoms with Gasteiger partial charge in [-0.3, -0.25) is 0 Å². The molecule has 1 heterocycles. The number of hydrogen-bond acceptors (Lipinski definition) is 2. The van der Waals surface area contributed by atoms with Crippen molar-refractivity contribution >= 4 is 0 Å². The van der Waals surface area contributed by atoms with Gasteiger partial charge >= 0.3 is 0 Å². The molecule has 0 saturated carbocycles. The number of hydrogen-bond donors (Lipinski definition) is 1. The fourth-order valence-corrected chi connectivity index (χ4v) is 3.16. The normalized spacial score (nSPS) is 17.9. The zero-order valence-corrected chi connectivity index (χ0v) is 12.9. The highest BCUT2D eigenvalue weighted by atomic mass is 16.5. The molecule has 2 nitrogen and oxygen atoms in total. The van der Waals surface area contributed by atoms with Crippen LogP contribution in [0.2, 0.25) is 0 Å². The molecule has 0 saturated heterocycles. The van der Waals surface area contributed by atoms with Crippen LogP contribution in [-0.4, -0.2) is 20.2 Å². The molecule has 1 atom stereocenters. The maximum Gasteiger partial charge on any atom is 0.122 e. The molecule has 110 valence electrons. The average Bonchev–Trinajstić information content (AvgIpc) is 2.70. The third-order valence-corrected chi connectivity index (χ3v) is 4.35. The lowest BCUT2D eigenvalue weighted by atomic mass is 9.91. The molecule has 0 spiro atoms. The van der Waals surface area contributed by atoms with Gasteiger partial charge in [-0.2, -0.15) is 0 Å². The van der Waals surface area contributed by atoms with E-state index in [2.05, 4.69) is 42.6 Å². The van der Waals surface area contributed by atoms with Crippen molar-refractivity contribution in [2.75, 3.05) is 20.2 Å². The van der Waals surface area contributed by atoms with Crippen molar-refractivity contribution in [1.29, 1.82) is 0 Å². The molecule has 3 rings (SSSR count). The lowest BCUT2D eigenvalue weighted by Gasteiger charge is -2.15. The number of para-hydroxylation sites is 1. The summed E-state index contributed by atoms with van der Waals surface area (Å²) >= 11 is 0. The molecule has 0 unspecified atom stereocenters. The van der Waals surface area contributed by atoms with Crippen LogP contribution in [0.1, 0.15) is 35.1 Å². The molecular formula is C19H23NO. The molecule has 0 aromatic heterocycles. The van der Waals surface area contributed by atoms with Gasteiger partial charge in [0.15, 0.2) is 0 Å². The Morgan fingerprint density at radius 3 is 2.90 bits per heavy atom. The summed E-state index contributed by atoms with van der Waals surface area (Å²) in [4.78, 5) is 0. The molecule has 1 aliphatic rings. The molecule has 21 heavy (non-hydrogen) atoms. The zero-order valence-electron chi connectivity index (χ0n) is 12.9. The Balaban J connectivity index is 1.90. The van der Waals surface area contributed by atoms with Gasteiger partial charge in [0.1, 0.15) is 5.75 Å². The van der Waals surface area contributed by atoms with Crippen LogP contribution >= 0.6 is 0 Å². The third-order valence-electron chi connectivity index (χ3n) is 4.35. The molecule has 2 aromatic carbocycles. The summed E-state index contributed by atoms with van der Waals surface area (Å²) in [7, 11) is 1.74. The predicted octanol–water partition coefficient (Wildman–Crippen LogP) is 3.54. The Bertz CT molecular complexity index is 621. The highest BCUT2D eigenvalue weighted by molar-refractivity contribution is 5.41. The fraction of sp³-hybridized carbons (Fsp3) is 0.368. The highest BCUT2D eigenvalue weighted by Crippen LogP contribution is 2.26. The van der Waals surface area contributed by atoms with E-state index in [1.807, 2.05) is 12.1 Å². The lowest BCUT2D eigenvalue weighted by Crippen LogP contribution is -2.18. The third kappa shape index (κ3) is 3.11. The summed E-state index contributed by atoms with van der Waals surface area (Å²) in [5.41, 5.74) is 5.62. The number of benzene rings is 2. The molecule has 0 bridgehead atoms. The van der Waals surface area contributed by atoms with E-state index in [9.17, 15) is 0 Å². The zero-order chi connectivity index (χ0) is 14.7. The Labute approximate surface area is 127 Å². The largest absolute Gasteiger partial charge is 0.496 e. The summed E-state index contributed by atoms with van der Waals surface area (Å²) in [6, 6.07) is 15.2. The topological polar surface area (TPSA) is 21.3 Å². The maximum absolute atomic E-state index is 5.46. The van der Waals surface area contributed by atoms with E-state index in [4.69, 9.17) is 4.74 Å². The minimum atomic E-state index is 0.583. The smallest absolute Gasteiger partial charge is 0.122 e. The summed E-state index contributed by atoms with van der Waals surface area (Å²) in [5.74, 6) is 1.56. The Morgan fingerprint density at radius 1 is 1.19 bits per heavy atom. The number of fused-ring (bicyclic) bond motifs is 1. The van der Waals surface area contributed by atoms with Crippen LogP contribution in [0, 0.1) is 0 Å². The summed E-state index contributed by atoms with van der Waals surface area (Å²) in [6.45, 7) is 4.47. The van der Waals surface area contributed by atoms with E-state index < -0.39 is 0 Å². The monoisotopic (exact) mass is 281 g/mol. The van der Waals surface area contributed by atoms with Crippen molar-refractivity contribution in [3.05, 3.63) is 64.7 Å². The van der Waals surface area contributed by atoms with Gasteiger partial charge in [0.05, 0.1) is 7.11 Å². The van der Waals surface area contributed by atoms with E-state index in [0.717, 1.165) is 31.7 Å².